The molecule has 3 N–H and O–H groups in total. The molecule has 0 aliphatic heterocycles. The number of hydrogen-bond donors (Lipinski definition) is 3. The van der Waals surface area contributed by atoms with Crippen molar-refractivity contribution in [1.82, 2.24) is 4.72 Å². The molecule has 0 spiro atoms. The van der Waals surface area contributed by atoms with Crippen molar-refractivity contribution in [2.24, 2.45) is 0 Å². The van der Waals surface area contributed by atoms with Crippen LogP contribution in [0.1, 0.15) is 20.3 Å². The van der Waals surface area contributed by atoms with E-state index in [9.17, 15) is 9.90 Å². The fourth-order valence-electron chi connectivity index (χ4n) is 2.15. The van der Waals surface area contributed by atoms with Gasteiger partial charge in [-0.05, 0) is 43.9 Å². The molecule has 6 nitrogen and oxygen atoms in total. The number of amides is 2. The van der Waals surface area contributed by atoms with Gasteiger partial charge < -0.3 is 19.9 Å². The van der Waals surface area contributed by atoms with E-state index in [-0.39, 0.29) is 6.03 Å². The molecule has 0 atom stereocenters. The molecule has 1 aromatic carbocycles. The normalized spacial score (nSPS) is 13.9. The van der Waals surface area contributed by atoms with Crippen LogP contribution in [0.3, 0.4) is 0 Å². The van der Waals surface area contributed by atoms with Gasteiger partial charge in [0.15, 0.2) is 0 Å². The quantitative estimate of drug-likeness (QED) is 0.685. The standard InChI is InChI=1S/C17H22N2O4S/c1-17(2,21)11-5-6-15(7-11)24-19-16(20)18-12-8-13(22-3)10-14(9-12)23-4/h5,7-10,21H,6H2,1-4H3,(H2,18,19,20). The largest absolute Gasteiger partial charge is 0.497 e. The van der Waals surface area contributed by atoms with Gasteiger partial charge in [-0.25, -0.2) is 4.79 Å². The van der Waals surface area contributed by atoms with Crippen molar-refractivity contribution in [3.63, 3.8) is 0 Å². The number of carbonyl (C=O) groups excluding carboxylic acids is 1. The zero-order chi connectivity index (χ0) is 17.7. The van der Waals surface area contributed by atoms with E-state index in [2.05, 4.69) is 10.0 Å². The SMILES string of the molecule is COc1cc(NC(=O)NSC2=CC(C(C)(C)O)=CC2)cc(OC)c1. The zero-order valence-electron chi connectivity index (χ0n) is 14.2. The summed E-state index contributed by atoms with van der Waals surface area (Å²) in [7, 11) is 3.10. The van der Waals surface area contributed by atoms with Crippen LogP contribution in [0.4, 0.5) is 10.5 Å². The van der Waals surface area contributed by atoms with Crippen LogP contribution in [0.2, 0.25) is 0 Å². The summed E-state index contributed by atoms with van der Waals surface area (Å²) in [6.45, 7) is 3.47. The van der Waals surface area contributed by atoms with Crippen LogP contribution in [0, 0.1) is 0 Å². The first kappa shape index (κ1) is 18.2. The second-order valence-electron chi connectivity index (χ2n) is 5.79. The molecule has 2 amide bonds. The Morgan fingerprint density at radius 3 is 2.33 bits per heavy atom. The third-order valence-electron chi connectivity index (χ3n) is 3.43. The Morgan fingerprint density at radius 1 is 1.21 bits per heavy atom. The van der Waals surface area contributed by atoms with Crippen LogP contribution >= 0.6 is 11.9 Å². The number of methoxy groups -OCH3 is 2. The minimum absolute atomic E-state index is 0.354. The summed E-state index contributed by atoms with van der Waals surface area (Å²) in [5.41, 5.74) is 0.548. The number of carbonyl (C=O) groups is 1. The van der Waals surface area contributed by atoms with Crippen molar-refractivity contribution < 1.29 is 19.4 Å². The summed E-state index contributed by atoms with van der Waals surface area (Å²) in [6, 6.07) is 4.78. The summed E-state index contributed by atoms with van der Waals surface area (Å²) in [4.78, 5) is 13.0. The number of hydrogen-bond acceptors (Lipinski definition) is 5. The first-order valence-electron chi connectivity index (χ1n) is 7.42. The van der Waals surface area contributed by atoms with Crippen molar-refractivity contribution in [3.8, 4) is 11.5 Å². The molecule has 0 bridgehead atoms. The van der Waals surface area contributed by atoms with E-state index in [4.69, 9.17) is 9.47 Å². The van der Waals surface area contributed by atoms with Crippen LogP contribution in [-0.2, 0) is 0 Å². The van der Waals surface area contributed by atoms with Gasteiger partial charge >= 0.3 is 6.03 Å². The van der Waals surface area contributed by atoms with E-state index >= 15 is 0 Å². The number of benzene rings is 1. The van der Waals surface area contributed by atoms with Crippen molar-refractivity contribution in [1.29, 1.82) is 0 Å². The molecule has 0 radical (unpaired) electrons. The van der Waals surface area contributed by atoms with Crippen molar-refractivity contribution in [3.05, 3.63) is 40.8 Å². The topological polar surface area (TPSA) is 79.8 Å². The minimum atomic E-state index is -0.873. The Kier molecular flexibility index (Phi) is 5.80. The fourth-order valence-corrected chi connectivity index (χ4v) is 2.77. The Morgan fingerprint density at radius 2 is 1.83 bits per heavy atom. The highest BCUT2D eigenvalue weighted by Crippen LogP contribution is 2.31. The van der Waals surface area contributed by atoms with Gasteiger partial charge in [0.1, 0.15) is 11.5 Å². The highest BCUT2D eigenvalue weighted by molar-refractivity contribution is 8.01. The number of nitrogens with one attached hydrogen (secondary N) is 2. The second-order valence-corrected chi connectivity index (χ2v) is 6.73. The third kappa shape index (κ3) is 4.94. The molecule has 130 valence electrons. The zero-order valence-corrected chi connectivity index (χ0v) is 15.0. The van der Waals surface area contributed by atoms with Gasteiger partial charge in [0.25, 0.3) is 0 Å². The van der Waals surface area contributed by atoms with Crippen LogP contribution in [0.25, 0.3) is 0 Å². The first-order chi connectivity index (χ1) is 11.3. The summed E-state index contributed by atoms with van der Waals surface area (Å²) in [5.74, 6) is 1.18. The predicted octanol–water partition coefficient (Wildman–Crippen LogP) is 3.46. The number of anilines is 1. The highest BCUT2D eigenvalue weighted by atomic mass is 32.2. The van der Waals surface area contributed by atoms with E-state index in [0.717, 1.165) is 10.5 Å². The average molecular weight is 350 g/mol. The lowest BCUT2D eigenvalue weighted by molar-refractivity contribution is 0.124. The molecule has 1 aliphatic carbocycles. The van der Waals surface area contributed by atoms with Crippen molar-refractivity contribution in [2.45, 2.75) is 25.9 Å². The summed E-state index contributed by atoms with van der Waals surface area (Å²) < 4.78 is 13.1. The molecule has 1 aromatic rings. The first-order valence-corrected chi connectivity index (χ1v) is 8.24. The van der Waals surface area contributed by atoms with Gasteiger partial charge in [-0.1, -0.05) is 6.08 Å². The van der Waals surface area contributed by atoms with Crippen LogP contribution in [0.15, 0.2) is 40.8 Å². The smallest absolute Gasteiger partial charge is 0.329 e. The molecule has 2 rings (SSSR count). The maximum absolute atomic E-state index is 12.0. The van der Waals surface area contributed by atoms with E-state index < -0.39 is 5.60 Å². The highest BCUT2D eigenvalue weighted by Gasteiger charge is 2.21. The molecule has 0 aromatic heterocycles. The van der Waals surface area contributed by atoms with E-state index in [0.29, 0.717) is 23.6 Å². The number of aliphatic hydroxyl groups is 1. The molecular weight excluding hydrogens is 328 g/mol. The molecule has 0 unspecified atom stereocenters. The molecule has 0 fully saturated rings. The molecule has 0 saturated carbocycles. The lowest BCUT2D eigenvalue weighted by Gasteiger charge is -2.16. The number of allylic oxidation sites excluding steroid dienone is 2. The van der Waals surface area contributed by atoms with Crippen molar-refractivity contribution >= 4 is 23.7 Å². The van der Waals surface area contributed by atoms with Crippen LogP contribution in [0.5, 0.6) is 11.5 Å². The van der Waals surface area contributed by atoms with Gasteiger partial charge in [-0.15, -0.1) is 0 Å². The molecule has 24 heavy (non-hydrogen) atoms. The number of urea groups is 1. The Labute approximate surface area is 146 Å². The average Bonchev–Trinajstić information content (AvgIpc) is 3.01. The summed E-state index contributed by atoms with van der Waals surface area (Å²) in [5, 5.41) is 12.7. The van der Waals surface area contributed by atoms with Crippen molar-refractivity contribution in [2.75, 3.05) is 19.5 Å². The second kappa shape index (κ2) is 7.63. The maximum Gasteiger partial charge on any atom is 0.329 e. The summed E-state index contributed by atoms with van der Waals surface area (Å²) >= 11 is 1.22. The van der Waals surface area contributed by atoms with E-state index in [1.807, 2.05) is 12.2 Å². The Bertz CT molecular complexity index is 655. The minimum Gasteiger partial charge on any atom is -0.497 e. The van der Waals surface area contributed by atoms with E-state index in [1.165, 1.54) is 11.9 Å². The molecular formula is C17H22N2O4S. The third-order valence-corrected chi connectivity index (χ3v) is 4.26. The van der Waals surface area contributed by atoms with Crippen LogP contribution in [-0.4, -0.2) is 31.0 Å². The fraction of sp³-hybridized carbons (Fsp3) is 0.353. The maximum atomic E-state index is 12.0. The van der Waals surface area contributed by atoms with Gasteiger partial charge in [-0.3, -0.25) is 4.72 Å². The number of ether oxygens (including phenoxy) is 2. The predicted molar refractivity (Wildman–Crippen MR) is 96.4 cm³/mol. The Hall–Kier alpha value is -2.12. The van der Waals surface area contributed by atoms with Gasteiger partial charge in [-0.2, -0.15) is 0 Å². The lowest BCUT2D eigenvalue weighted by Crippen LogP contribution is -2.23. The lowest BCUT2D eigenvalue weighted by atomic mass is 10.00. The van der Waals surface area contributed by atoms with Gasteiger partial charge in [0.2, 0.25) is 0 Å². The molecule has 1 aliphatic rings. The molecule has 7 heteroatoms. The summed E-state index contributed by atoms with van der Waals surface area (Å²) in [6.07, 6.45) is 4.53. The number of rotatable bonds is 6. The van der Waals surface area contributed by atoms with E-state index in [1.54, 1.807) is 46.3 Å². The molecule has 0 saturated heterocycles. The van der Waals surface area contributed by atoms with Gasteiger partial charge in [0, 0.05) is 28.8 Å². The monoisotopic (exact) mass is 350 g/mol. The van der Waals surface area contributed by atoms with Gasteiger partial charge in [0.05, 0.1) is 19.8 Å². The van der Waals surface area contributed by atoms with Crippen LogP contribution < -0.4 is 19.5 Å². The molecule has 0 heterocycles. The Balaban J connectivity index is 1.91.